The van der Waals surface area contributed by atoms with Gasteiger partial charge in [-0.2, -0.15) is 5.26 Å². The van der Waals surface area contributed by atoms with Crippen LogP contribution in [0.25, 0.3) is 11.3 Å². The quantitative estimate of drug-likeness (QED) is 0.741. The van der Waals surface area contributed by atoms with Gasteiger partial charge < -0.3 is 0 Å². The second kappa shape index (κ2) is 5.96. The van der Waals surface area contributed by atoms with Crippen LogP contribution in [0.15, 0.2) is 48.5 Å². The first kappa shape index (κ1) is 14.2. The molecular formula is C16H10ClFN4. The second-order valence-electron chi connectivity index (χ2n) is 4.69. The molecule has 0 fully saturated rings. The van der Waals surface area contributed by atoms with Crippen LogP contribution in [0, 0.1) is 17.1 Å². The van der Waals surface area contributed by atoms with E-state index >= 15 is 0 Å². The summed E-state index contributed by atoms with van der Waals surface area (Å²) in [7, 11) is 0. The van der Waals surface area contributed by atoms with Crippen molar-refractivity contribution in [3.05, 3.63) is 70.6 Å². The molecule has 0 aliphatic carbocycles. The Labute approximate surface area is 131 Å². The normalized spacial score (nSPS) is 10.4. The van der Waals surface area contributed by atoms with Gasteiger partial charge in [0.1, 0.15) is 17.6 Å². The summed E-state index contributed by atoms with van der Waals surface area (Å²) in [5.41, 5.74) is 2.38. The molecule has 0 unspecified atom stereocenters. The number of aromatic nitrogens is 3. The Morgan fingerprint density at radius 3 is 2.64 bits per heavy atom. The average Bonchev–Trinajstić information content (AvgIpc) is 2.91. The Kier molecular flexibility index (Phi) is 3.86. The van der Waals surface area contributed by atoms with E-state index in [2.05, 4.69) is 10.3 Å². The van der Waals surface area contributed by atoms with E-state index < -0.39 is 0 Å². The van der Waals surface area contributed by atoms with Crippen molar-refractivity contribution >= 4 is 11.6 Å². The summed E-state index contributed by atoms with van der Waals surface area (Å²) in [4.78, 5) is 0. The predicted molar refractivity (Wildman–Crippen MR) is 80.7 cm³/mol. The highest BCUT2D eigenvalue weighted by Gasteiger charge is 2.15. The maximum absolute atomic E-state index is 13.1. The summed E-state index contributed by atoms with van der Waals surface area (Å²) in [5, 5.41) is 17.7. The molecule has 0 bridgehead atoms. The molecule has 0 radical (unpaired) electrons. The van der Waals surface area contributed by atoms with Gasteiger partial charge in [0.25, 0.3) is 0 Å². The van der Waals surface area contributed by atoms with Crippen molar-refractivity contribution in [2.24, 2.45) is 0 Å². The Hall–Kier alpha value is -2.71. The van der Waals surface area contributed by atoms with E-state index in [0.717, 1.165) is 5.56 Å². The minimum absolute atomic E-state index is 0.202. The molecule has 0 N–H and O–H groups in total. The molecule has 0 atom stereocenters. The zero-order chi connectivity index (χ0) is 15.5. The fraction of sp³-hybridized carbons (Fsp3) is 0.0625. The molecule has 0 aliphatic heterocycles. The molecule has 4 nitrogen and oxygen atoms in total. The van der Waals surface area contributed by atoms with Crippen molar-refractivity contribution in [1.82, 2.24) is 15.0 Å². The largest absolute Gasteiger partial charge is 0.239 e. The molecule has 0 amide bonds. The van der Waals surface area contributed by atoms with Gasteiger partial charge in [0, 0.05) is 10.6 Å². The summed E-state index contributed by atoms with van der Waals surface area (Å²) in [6.07, 6.45) is 0. The van der Waals surface area contributed by atoms with Crippen molar-refractivity contribution in [3.8, 4) is 17.3 Å². The van der Waals surface area contributed by atoms with Crippen LogP contribution in [0.5, 0.6) is 0 Å². The van der Waals surface area contributed by atoms with Gasteiger partial charge >= 0.3 is 0 Å². The van der Waals surface area contributed by atoms with E-state index in [4.69, 9.17) is 11.6 Å². The maximum atomic E-state index is 13.1. The van der Waals surface area contributed by atoms with Gasteiger partial charge in [-0.1, -0.05) is 28.9 Å². The smallest absolute Gasteiger partial charge is 0.190 e. The van der Waals surface area contributed by atoms with Crippen LogP contribution < -0.4 is 0 Å². The topological polar surface area (TPSA) is 54.5 Å². The van der Waals surface area contributed by atoms with E-state index in [1.165, 1.54) is 12.1 Å². The molecule has 0 spiro atoms. The van der Waals surface area contributed by atoms with E-state index in [-0.39, 0.29) is 11.5 Å². The lowest BCUT2D eigenvalue weighted by atomic mass is 10.1. The maximum Gasteiger partial charge on any atom is 0.190 e. The monoisotopic (exact) mass is 312 g/mol. The Bertz CT molecular complexity index is 849. The zero-order valence-corrected chi connectivity index (χ0v) is 12.1. The van der Waals surface area contributed by atoms with Crippen molar-refractivity contribution in [2.75, 3.05) is 0 Å². The summed E-state index contributed by atoms with van der Waals surface area (Å²) in [6, 6.07) is 15.3. The summed E-state index contributed by atoms with van der Waals surface area (Å²) in [5.74, 6) is -0.337. The Morgan fingerprint density at radius 2 is 1.95 bits per heavy atom. The molecular weight excluding hydrogens is 303 g/mol. The molecule has 0 saturated carbocycles. The average molecular weight is 313 g/mol. The Morgan fingerprint density at radius 1 is 1.18 bits per heavy atom. The third kappa shape index (κ3) is 2.83. The first-order valence-electron chi connectivity index (χ1n) is 6.51. The molecule has 22 heavy (non-hydrogen) atoms. The highest BCUT2D eigenvalue weighted by Crippen LogP contribution is 2.23. The summed E-state index contributed by atoms with van der Waals surface area (Å²) < 4.78 is 14.7. The number of halogens is 2. The van der Waals surface area contributed by atoms with Crippen molar-refractivity contribution in [2.45, 2.75) is 6.54 Å². The number of benzene rings is 2. The van der Waals surface area contributed by atoms with Crippen LogP contribution in [-0.4, -0.2) is 15.0 Å². The standard InChI is InChI=1S/C16H10ClFN4/c17-13-3-1-2-11(8-13)10-22-16(15(9-19)20-21-22)12-4-6-14(18)7-5-12/h1-8H,10H2. The molecule has 1 heterocycles. The number of hydrogen-bond donors (Lipinski definition) is 0. The van der Waals surface area contributed by atoms with Crippen molar-refractivity contribution in [3.63, 3.8) is 0 Å². The minimum Gasteiger partial charge on any atom is -0.239 e. The predicted octanol–water partition coefficient (Wildman–Crippen LogP) is 3.66. The second-order valence-corrected chi connectivity index (χ2v) is 5.13. The van der Waals surface area contributed by atoms with Crippen molar-refractivity contribution in [1.29, 1.82) is 5.26 Å². The van der Waals surface area contributed by atoms with Crippen LogP contribution in [-0.2, 0) is 6.54 Å². The molecule has 6 heteroatoms. The van der Waals surface area contributed by atoms with Crippen LogP contribution >= 0.6 is 11.6 Å². The number of nitriles is 1. The van der Waals surface area contributed by atoms with Crippen LogP contribution in [0.3, 0.4) is 0 Å². The van der Waals surface area contributed by atoms with Gasteiger partial charge in [0.2, 0.25) is 0 Å². The highest BCUT2D eigenvalue weighted by atomic mass is 35.5. The fourth-order valence-corrected chi connectivity index (χ4v) is 2.41. The van der Waals surface area contributed by atoms with E-state index in [1.807, 2.05) is 24.3 Å². The lowest BCUT2D eigenvalue weighted by Gasteiger charge is -2.07. The van der Waals surface area contributed by atoms with E-state index in [0.29, 0.717) is 22.8 Å². The van der Waals surface area contributed by atoms with Gasteiger partial charge in [-0.25, -0.2) is 9.07 Å². The zero-order valence-electron chi connectivity index (χ0n) is 11.4. The molecule has 3 rings (SSSR count). The number of rotatable bonds is 3. The summed E-state index contributed by atoms with van der Waals surface area (Å²) in [6.45, 7) is 0.419. The van der Waals surface area contributed by atoms with Crippen LogP contribution in [0.1, 0.15) is 11.3 Å². The van der Waals surface area contributed by atoms with Gasteiger partial charge in [-0.15, -0.1) is 5.10 Å². The minimum atomic E-state index is -0.337. The third-order valence-electron chi connectivity index (χ3n) is 3.18. The van der Waals surface area contributed by atoms with E-state index in [9.17, 15) is 9.65 Å². The third-order valence-corrected chi connectivity index (χ3v) is 3.42. The van der Waals surface area contributed by atoms with Gasteiger partial charge in [0.05, 0.1) is 6.54 Å². The molecule has 108 valence electrons. The molecule has 0 saturated heterocycles. The lowest BCUT2D eigenvalue weighted by Crippen LogP contribution is -2.04. The van der Waals surface area contributed by atoms with E-state index in [1.54, 1.807) is 22.9 Å². The molecule has 1 aromatic heterocycles. The lowest BCUT2D eigenvalue weighted by molar-refractivity contribution is 0.627. The summed E-state index contributed by atoms with van der Waals surface area (Å²) >= 11 is 5.98. The molecule has 3 aromatic rings. The Balaban J connectivity index is 2.04. The SMILES string of the molecule is N#Cc1nnn(Cc2cccc(Cl)c2)c1-c1ccc(F)cc1. The molecule has 2 aromatic carbocycles. The number of hydrogen-bond acceptors (Lipinski definition) is 3. The number of nitrogens with zero attached hydrogens (tertiary/aromatic N) is 4. The van der Waals surface area contributed by atoms with Crippen LogP contribution in [0.4, 0.5) is 4.39 Å². The van der Waals surface area contributed by atoms with Crippen LogP contribution in [0.2, 0.25) is 5.02 Å². The first-order chi connectivity index (χ1) is 10.7. The fourth-order valence-electron chi connectivity index (χ4n) is 2.20. The first-order valence-corrected chi connectivity index (χ1v) is 6.89. The van der Waals surface area contributed by atoms with Crippen molar-refractivity contribution < 1.29 is 4.39 Å². The van der Waals surface area contributed by atoms with Gasteiger partial charge in [-0.05, 0) is 42.0 Å². The van der Waals surface area contributed by atoms with Gasteiger partial charge in [0.15, 0.2) is 5.69 Å². The highest BCUT2D eigenvalue weighted by molar-refractivity contribution is 6.30. The molecule has 0 aliphatic rings. The van der Waals surface area contributed by atoms with Gasteiger partial charge in [-0.3, -0.25) is 0 Å².